The van der Waals surface area contributed by atoms with Gasteiger partial charge < -0.3 is 13.7 Å². The molecule has 0 unspecified atom stereocenters. The third kappa shape index (κ3) is 5.41. The van der Waals surface area contributed by atoms with E-state index in [1.54, 1.807) is 0 Å². The first kappa shape index (κ1) is 36.3. The van der Waals surface area contributed by atoms with Crippen molar-refractivity contribution in [2.24, 2.45) is 0 Å². The summed E-state index contributed by atoms with van der Waals surface area (Å²) >= 11 is 0. The number of fused-ring (bicyclic) bond motifs is 9. The van der Waals surface area contributed by atoms with Crippen molar-refractivity contribution in [3.8, 4) is 33.4 Å². The molecule has 1 aliphatic carbocycles. The van der Waals surface area contributed by atoms with E-state index in [9.17, 15) is 0 Å². The van der Waals surface area contributed by atoms with E-state index in [1.807, 2.05) is 0 Å². The van der Waals surface area contributed by atoms with Gasteiger partial charge in [-0.1, -0.05) is 182 Å². The standard InChI is InChI=1S/C61H39NO2/c1-5-17-40(18-6-1)41-31-33-45(34-32-41)62(54-29-16-28-53-60(54)48-25-13-14-27-52(48)61(53,43-21-9-3-10-22-43)44-23-11-4-12-24-44)46-35-36-55-49(37-46)50-38-58-51(39-57(50)63-55)59-47(26-15-30-56(59)64-58)42-19-7-2-8-20-42/h1-39H. The van der Waals surface area contributed by atoms with Gasteiger partial charge in [0.25, 0.3) is 0 Å². The zero-order valence-electron chi connectivity index (χ0n) is 34.8. The molecule has 3 nitrogen and oxygen atoms in total. The molecule has 0 radical (unpaired) electrons. The summed E-state index contributed by atoms with van der Waals surface area (Å²) in [7, 11) is 0. The minimum absolute atomic E-state index is 0.531. The summed E-state index contributed by atoms with van der Waals surface area (Å²) in [6.45, 7) is 0. The number of nitrogens with zero attached hydrogens (tertiary/aromatic N) is 1. The third-order valence-corrected chi connectivity index (χ3v) is 13.3. The van der Waals surface area contributed by atoms with E-state index in [4.69, 9.17) is 8.83 Å². The first-order valence-corrected chi connectivity index (χ1v) is 21.9. The van der Waals surface area contributed by atoms with Gasteiger partial charge in [-0.15, -0.1) is 0 Å². The molecule has 0 aliphatic heterocycles. The summed E-state index contributed by atoms with van der Waals surface area (Å²) in [6.07, 6.45) is 0. The van der Waals surface area contributed by atoms with Gasteiger partial charge >= 0.3 is 0 Å². The molecule has 1 aliphatic rings. The summed E-state index contributed by atoms with van der Waals surface area (Å²) in [5, 5.41) is 4.18. The smallest absolute Gasteiger partial charge is 0.136 e. The Labute approximate surface area is 370 Å². The fraction of sp³-hybridized carbons (Fsp3) is 0.0164. The molecule has 2 aromatic heterocycles. The van der Waals surface area contributed by atoms with Crippen molar-refractivity contribution < 1.29 is 8.83 Å². The molecule has 0 saturated heterocycles. The molecule has 0 fully saturated rings. The predicted molar refractivity (Wildman–Crippen MR) is 264 cm³/mol. The molecule has 10 aromatic carbocycles. The van der Waals surface area contributed by atoms with Gasteiger partial charge in [-0.2, -0.15) is 0 Å². The van der Waals surface area contributed by atoms with E-state index in [1.165, 1.54) is 44.5 Å². The molecule has 300 valence electrons. The number of anilines is 3. The Morgan fingerprint density at radius 1 is 0.328 bits per heavy atom. The zero-order valence-corrected chi connectivity index (χ0v) is 34.8. The van der Waals surface area contributed by atoms with Crippen LogP contribution in [0.2, 0.25) is 0 Å². The maximum absolute atomic E-state index is 6.72. The SMILES string of the molecule is c1ccc(-c2ccc(N(c3ccc4oc5cc6c(cc5c4c3)oc3cccc(-c4ccccc4)c36)c3cccc4c3-c3ccccc3C4(c3ccccc3)c3ccccc3)cc2)cc1. The molecule has 0 bridgehead atoms. The van der Waals surface area contributed by atoms with Crippen molar-refractivity contribution in [2.75, 3.05) is 4.90 Å². The van der Waals surface area contributed by atoms with Crippen LogP contribution in [0.3, 0.4) is 0 Å². The van der Waals surface area contributed by atoms with Crippen LogP contribution in [0.25, 0.3) is 77.3 Å². The maximum atomic E-state index is 6.72. The van der Waals surface area contributed by atoms with Crippen LogP contribution in [0.4, 0.5) is 17.1 Å². The van der Waals surface area contributed by atoms with Gasteiger partial charge in [0.05, 0.1) is 11.1 Å². The van der Waals surface area contributed by atoms with E-state index < -0.39 is 5.41 Å². The highest BCUT2D eigenvalue weighted by Crippen LogP contribution is 2.59. The van der Waals surface area contributed by atoms with Crippen LogP contribution in [-0.2, 0) is 5.41 Å². The average Bonchev–Trinajstić information content (AvgIpc) is 4.02. The zero-order chi connectivity index (χ0) is 42.2. The van der Waals surface area contributed by atoms with Crippen LogP contribution in [0.1, 0.15) is 22.3 Å². The van der Waals surface area contributed by atoms with Crippen molar-refractivity contribution in [2.45, 2.75) is 5.41 Å². The van der Waals surface area contributed by atoms with E-state index in [0.29, 0.717) is 0 Å². The van der Waals surface area contributed by atoms with Crippen molar-refractivity contribution in [3.63, 3.8) is 0 Å². The Bertz CT molecular complexity index is 3660. The van der Waals surface area contributed by atoms with Crippen LogP contribution in [-0.4, -0.2) is 0 Å². The molecule has 3 heteroatoms. The van der Waals surface area contributed by atoms with E-state index in [-0.39, 0.29) is 0 Å². The van der Waals surface area contributed by atoms with Crippen LogP contribution in [0.15, 0.2) is 245 Å². The van der Waals surface area contributed by atoms with Crippen molar-refractivity contribution in [1.29, 1.82) is 0 Å². The summed E-state index contributed by atoms with van der Waals surface area (Å²) in [5.41, 5.74) is 18.1. The molecular formula is C61H39NO2. The van der Waals surface area contributed by atoms with E-state index in [2.05, 4.69) is 241 Å². The minimum atomic E-state index is -0.531. The lowest BCUT2D eigenvalue weighted by Gasteiger charge is -2.34. The molecule has 2 heterocycles. The van der Waals surface area contributed by atoms with E-state index in [0.717, 1.165) is 72.1 Å². The highest BCUT2D eigenvalue weighted by molar-refractivity contribution is 6.18. The largest absolute Gasteiger partial charge is 0.456 e. The second kappa shape index (κ2) is 14.3. The van der Waals surface area contributed by atoms with Gasteiger partial charge in [-0.25, -0.2) is 0 Å². The normalized spacial score (nSPS) is 12.8. The van der Waals surface area contributed by atoms with Crippen LogP contribution >= 0.6 is 0 Å². The summed E-state index contributed by atoms with van der Waals surface area (Å²) in [4.78, 5) is 2.43. The second-order valence-electron chi connectivity index (χ2n) is 16.7. The molecule has 0 spiro atoms. The quantitative estimate of drug-likeness (QED) is 0.160. The Hall–Kier alpha value is -8.40. The Morgan fingerprint density at radius 3 is 1.59 bits per heavy atom. The van der Waals surface area contributed by atoms with E-state index >= 15 is 0 Å². The topological polar surface area (TPSA) is 29.5 Å². The first-order chi connectivity index (χ1) is 31.7. The predicted octanol–water partition coefficient (Wildman–Crippen LogP) is 16.7. The monoisotopic (exact) mass is 817 g/mol. The lowest BCUT2D eigenvalue weighted by Crippen LogP contribution is -2.28. The summed E-state index contributed by atoms with van der Waals surface area (Å²) in [5.74, 6) is 0. The molecule has 13 rings (SSSR count). The lowest BCUT2D eigenvalue weighted by atomic mass is 9.68. The number of hydrogen-bond donors (Lipinski definition) is 0. The van der Waals surface area contributed by atoms with Gasteiger partial charge in [0.15, 0.2) is 0 Å². The van der Waals surface area contributed by atoms with Gasteiger partial charge in [0.2, 0.25) is 0 Å². The molecule has 0 saturated carbocycles. The average molecular weight is 818 g/mol. The Morgan fingerprint density at radius 2 is 0.859 bits per heavy atom. The van der Waals surface area contributed by atoms with Gasteiger partial charge in [-0.05, 0) is 105 Å². The number of rotatable bonds is 7. The highest BCUT2D eigenvalue weighted by atomic mass is 16.3. The third-order valence-electron chi connectivity index (χ3n) is 13.3. The maximum Gasteiger partial charge on any atom is 0.136 e. The lowest BCUT2D eigenvalue weighted by molar-refractivity contribution is 0.664. The molecule has 0 atom stereocenters. The Kier molecular flexibility index (Phi) is 8.13. The second-order valence-corrected chi connectivity index (χ2v) is 16.7. The molecule has 12 aromatic rings. The number of hydrogen-bond acceptors (Lipinski definition) is 3. The summed E-state index contributed by atoms with van der Waals surface area (Å²) < 4.78 is 13.3. The van der Waals surface area contributed by atoms with Crippen LogP contribution < -0.4 is 4.90 Å². The summed E-state index contributed by atoms with van der Waals surface area (Å²) in [6, 6.07) is 85.2. The van der Waals surface area contributed by atoms with Crippen LogP contribution in [0.5, 0.6) is 0 Å². The number of benzene rings is 10. The van der Waals surface area contributed by atoms with Gasteiger partial charge in [-0.3, -0.25) is 0 Å². The van der Waals surface area contributed by atoms with Crippen molar-refractivity contribution in [1.82, 2.24) is 0 Å². The van der Waals surface area contributed by atoms with Gasteiger partial charge in [0.1, 0.15) is 22.3 Å². The molecular weight excluding hydrogens is 779 g/mol. The molecule has 64 heavy (non-hydrogen) atoms. The van der Waals surface area contributed by atoms with Crippen molar-refractivity contribution in [3.05, 3.63) is 259 Å². The Balaban J connectivity index is 1.05. The van der Waals surface area contributed by atoms with Crippen LogP contribution in [0, 0.1) is 0 Å². The molecule has 0 N–H and O–H groups in total. The van der Waals surface area contributed by atoms with Gasteiger partial charge in [0, 0.05) is 38.5 Å². The first-order valence-electron chi connectivity index (χ1n) is 21.9. The minimum Gasteiger partial charge on any atom is -0.456 e. The highest BCUT2D eigenvalue weighted by Gasteiger charge is 2.47. The molecule has 0 amide bonds. The fourth-order valence-electron chi connectivity index (χ4n) is 10.6. The number of furan rings is 2. The fourth-order valence-corrected chi connectivity index (χ4v) is 10.6. The van der Waals surface area contributed by atoms with Crippen molar-refractivity contribution >= 4 is 60.9 Å².